The van der Waals surface area contributed by atoms with Crippen LogP contribution in [0.4, 0.5) is 27.6 Å². The number of nitrogens with two attached hydrogens (primary N) is 1. The standard InChI is InChI=1S/C21H23F5N4O/c1-12(8-21(24,25)26)29-19(31)17-10-28-9-16(13-5-14(22)7-15(23)6-13)18(17)30-4-3-20(2,27)11-30/h5-7,9-10,12H,3-4,8,11,27H2,1-2H3,(H,29,31)/t12?,20-/m0/s1. The smallest absolute Gasteiger partial charge is 0.368 e. The summed E-state index contributed by atoms with van der Waals surface area (Å²) >= 11 is 0. The second kappa shape index (κ2) is 8.41. The summed E-state index contributed by atoms with van der Waals surface area (Å²) in [6.07, 6.45) is -2.44. The second-order valence-electron chi connectivity index (χ2n) is 8.26. The predicted molar refractivity (Wildman–Crippen MR) is 107 cm³/mol. The van der Waals surface area contributed by atoms with Crippen molar-refractivity contribution in [2.24, 2.45) is 5.73 Å². The first-order valence-electron chi connectivity index (χ1n) is 9.70. The first-order valence-corrected chi connectivity index (χ1v) is 9.70. The van der Waals surface area contributed by atoms with Gasteiger partial charge in [0.05, 0.1) is 17.7 Å². The van der Waals surface area contributed by atoms with Crippen LogP contribution in [0, 0.1) is 11.6 Å². The van der Waals surface area contributed by atoms with Crippen LogP contribution < -0.4 is 16.0 Å². The van der Waals surface area contributed by atoms with Crippen LogP contribution in [0.3, 0.4) is 0 Å². The van der Waals surface area contributed by atoms with Crippen LogP contribution in [0.15, 0.2) is 30.6 Å². The number of nitrogens with one attached hydrogen (secondary N) is 1. The van der Waals surface area contributed by atoms with Crippen molar-refractivity contribution in [3.63, 3.8) is 0 Å². The van der Waals surface area contributed by atoms with Gasteiger partial charge in [0.1, 0.15) is 11.6 Å². The highest BCUT2D eigenvalue weighted by Crippen LogP contribution is 2.37. The summed E-state index contributed by atoms with van der Waals surface area (Å²) in [6.45, 7) is 3.89. The Hall–Kier alpha value is -2.75. The van der Waals surface area contributed by atoms with Crippen LogP contribution in [0.25, 0.3) is 11.1 Å². The van der Waals surface area contributed by atoms with E-state index in [1.165, 1.54) is 19.3 Å². The molecule has 1 aromatic carbocycles. The van der Waals surface area contributed by atoms with Crippen molar-refractivity contribution in [3.05, 3.63) is 47.8 Å². The van der Waals surface area contributed by atoms with E-state index in [9.17, 15) is 26.7 Å². The summed E-state index contributed by atoms with van der Waals surface area (Å²) < 4.78 is 65.7. The fourth-order valence-corrected chi connectivity index (χ4v) is 3.76. The third-order valence-corrected chi connectivity index (χ3v) is 5.07. The number of alkyl halides is 3. The average molecular weight is 442 g/mol. The molecule has 1 aromatic heterocycles. The zero-order valence-corrected chi connectivity index (χ0v) is 17.1. The molecule has 31 heavy (non-hydrogen) atoms. The lowest BCUT2D eigenvalue weighted by molar-refractivity contribution is -0.138. The topological polar surface area (TPSA) is 71.2 Å². The van der Waals surface area contributed by atoms with Crippen LogP contribution in [0.1, 0.15) is 37.0 Å². The van der Waals surface area contributed by atoms with E-state index in [2.05, 4.69) is 10.3 Å². The molecule has 0 radical (unpaired) electrons. The number of carbonyl (C=O) groups is 1. The molecule has 168 valence electrons. The molecule has 2 aromatic rings. The van der Waals surface area contributed by atoms with E-state index in [-0.39, 0.29) is 16.7 Å². The lowest BCUT2D eigenvalue weighted by atomic mass is 10.0. The van der Waals surface area contributed by atoms with E-state index < -0.39 is 41.7 Å². The monoisotopic (exact) mass is 442 g/mol. The van der Waals surface area contributed by atoms with Gasteiger partial charge in [-0.25, -0.2) is 8.78 Å². The highest BCUT2D eigenvalue weighted by Gasteiger charge is 2.35. The van der Waals surface area contributed by atoms with Crippen molar-refractivity contribution in [3.8, 4) is 11.1 Å². The fraction of sp³-hybridized carbons (Fsp3) is 0.429. The Labute approximate surface area is 176 Å². The van der Waals surface area contributed by atoms with Gasteiger partial charge in [-0.3, -0.25) is 9.78 Å². The molecule has 0 saturated carbocycles. The first kappa shape index (κ1) is 22.9. The third kappa shape index (κ3) is 5.69. The van der Waals surface area contributed by atoms with Gasteiger partial charge >= 0.3 is 6.18 Å². The van der Waals surface area contributed by atoms with Gasteiger partial charge in [0.25, 0.3) is 5.91 Å². The van der Waals surface area contributed by atoms with E-state index in [0.717, 1.165) is 18.2 Å². The summed E-state index contributed by atoms with van der Waals surface area (Å²) in [4.78, 5) is 18.7. The van der Waals surface area contributed by atoms with Gasteiger partial charge < -0.3 is 16.0 Å². The summed E-state index contributed by atoms with van der Waals surface area (Å²) in [7, 11) is 0. The first-order chi connectivity index (χ1) is 14.3. The van der Waals surface area contributed by atoms with Gasteiger partial charge in [0.15, 0.2) is 0 Å². The minimum absolute atomic E-state index is 0.00824. The number of pyridine rings is 1. The molecule has 1 saturated heterocycles. The van der Waals surface area contributed by atoms with Gasteiger partial charge in [-0.05, 0) is 38.0 Å². The molecular weight excluding hydrogens is 419 g/mol. The quantitative estimate of drug-likeness (QED) is 0.686. The number of anilines is 1. The average Bonchev–Trinajstić information content (AvgIpc) is 2.98. The van der Waals surface area contributed by atoms with Crippen molar-refractivity contribution in [1.82, 2.24) is 10.3 Å². The van der Waals surface area contributed by atoms with Crippen LogP contribution in [-0.4, -0.2) is 41.7 Å². The van der Waals surface area contributed by atoms with Crippen molar-refractivity contribution < 1.29 is 26.7 Å². The number of halogens is 5. The number of carbonyl (C=O) groups excluding carboxylic acids is 1. The molecule has 1 fully saturated rings. The number of amides is 1. The van der Waals surface area contributed by atoms with Crippen LogP contribution in [0.2, 0.25) is 0 Å². The molecule has 0 bridgehead atoms. The SMILES string of the molecule is CC(CC(F)(F)F)NC(=O)c1cncc(-c2cc(F)cc(F)c2)c1N1CC[C@](C)(N)C1. The Morgan fingerprint density at radius 2 is 1.90 bits per heavy atom. The minimum Gasteiger partial charge on any atom is -0.368 e. The molecule has 1 aliphatic heterocycles. The van der Waals surface area contributed by atoms with Crippen LogP contribution in [-0.2, 0) is 0 Å². The molecule has 1 unspecified atom stereocenters. The van der Waals surface area contributed by atoms with E-state index in [4.69, 9.17) is 5.73 Å². The molecule has 10 heteroatoms. The summed E-state index contributed by atoms with van der Waals surface area (Å²) in [5.74, 6) is -2.37. The molecule has 1 aliphatic rings. The lowest BCUT2D eigenvalue weighted by Gasteiger charge is -2.27. The highest BCUT2D eigenvalue weighted by molar-refractivity contribution is 6.03. The number of benzene rings is 1. The van der Waals surface area contributed by atoms with Crippen molar-refractivity contribution >= 4 is 11.6 Å². The Balaban J connectivity index is 2.06. The second-order valence-corrected chi connectivity index (χ2v) is 8.26. The molecule has 0 spiro atoms. The van der Waals surface area contributed by atoms with Crippen molar-refractivity contribution in [2.75, 3.05) is 18.0 Å². The van der Waals surface area contributed by atoms with Gasteiger partial charge in [-0.1, -0.05) is 0 Å². The lowest BCUT2D eigenvalue weighted by Crippen LogP contribution is -2.40. The third-order valence-electron chi connectivity index (χ3n) is 5.07. The summed E-state index contributed by atoms with van der Waals surface area (Å²) in [5, 5.41) is 2.33. The van der Waals surface area contributed by atoms with E-state index in [1.807, 2.05) is 6.92 Å². The van der Waals surface area contributed by atoms with E-state index >= 15 is 0 Å². The van der Waals surface area contributed by atoms with Gasteiger partial charge in [0, 0.05) is 48.7 Å². The van der Waals surface area contributed by atoms with Crippen LogP contribution in [0.5, 0.6) is 0 Å². The molecule has 2 atom stereocenters. The van der Waals surface area contributed by atoms with E-state index in [1.54, 1.807) is 4.90 Å². The number of hydrogen-bond acceptors (Lipinski definition) is 4. The van der Waals surface area contributed by atoms with Gasteiger partial charge in [-0.2, -0.15) is 13.2 Å². The highest BCUT2D eigenvalue weighted by atomic mass is 19.4. The largest absolute Gasteiger partial charge is 0.391 e. The number of aromatic nitrogens is 1. The molecular formula is C21H23F5N4O. The van der Waals surface area contributed by atoms with Crippen molar-refractivity contribution in [2.45, 2.75) is 44.4 Å². The normalized spacial score (nSPS) is 20.1. The zero-order chi connectivity index (χ0) is 23.0. The maximum absolute atomic E-state index is 13.9. The Bertz CT molecular complexity index is 956. The Kier molecular flexibility index (Phi) is 6.22. The maximum atomic E-state index is 13.9. The minimum atomic E-state index is -4.44. The van der Waals surface area contributed by atoms with Crippen LogP contribution >= 0.6 is 0 Å². The number of hydrogen-bond donors (Lipinski definition) is 2. The molecule has 5 nitrogen and oxygen atoms in total. The Morgan fingerprint density at radius 1 is 1.26 bits per heavy atom. The van der Waals surface area contributed by atoms with Gasteiger partial charge in [0.2, 0.25) is 0 Å². The predicted octanol–water partition coefficient (Wildman–Crippen LogP) is 4.03. The maximum Gasteiger partial charge on any atom is 0.391 e. The van der Waals surface area contributed by atoms with E-state index in [0.29, 0.717) is 25.2 Å². The molecule has 0 aliphatic carbocycles. The fourth-order valence-electron chi connectivity index (χ4n) is 3.76. The van der Waals surface area contributed by atoms with Crippen molar-refractivity contribution in [1.29, 1.82) is 0 Å². The summed E-state index contributed by atoms with van der Waals surface area (Å²) in [6, 6.07) is 1.76. The molecule has 3 N–H and O–H groups in total. The Morgan fingerprint density at radius 3 is 2.45 bits per heavy atom. The molecule has 3 rings (SSSR count). The number of rotatable bonds is 5. The zero-order valence-electron chi connectivity index (χ0n) is 17.1. The molecule has 2 heterocycles. The summed E-state index contributed by atoms with van der Waals surface area (Å²) in [5.41, 5.74) is 6.43. The van der Waals surface area contributed by atoms with Gasteiger partial charge in [-0.15, -0.1) is 0 Å². The number of nitrogens with zero attached hydrogens (tertiary/aromatic N) is 2. The molecule has 1 amide bonds.